The van der Waals surface area contributed by atoms with E-state index in [-0.39, 0.29) is 32.6 Å². The third-order valence-corrected chi connectivity index (χ3v) is 8.39. The number of nitrogens with two attached hydrogens (primary N) is 1. The smallest absolute Gasteiger partial charge is 0.462 e. The van der Waals surface area contributed by atoms with Crippen LogP contribution >= 0.6 is 7.82 Å². The number of phosphoric ester groups is 1. The van der Waals surface area contributed by atoms with Gasteiger partial charge in [0.25, 0.3) is 0 Å². The number of allylic oxidation sites excluding steroid dienone is 10. The number of hydrogen-bond donors (Lipinski definition) is 2. The van der Waals surface area contributed by atoms with Crippen molar-refractivity contribution in [2.24, 2.45) is 5.73 Å². The van der Waals surface area contributed by atoms with Crippen LogP contribution in [0.15, 0.2) is 60.8 Å². The molecule has 0 aromatic rings. The lowest BCUT2D eigenvalue weighted by atomic mass is 10.1. The van der Waals surface area contributed by atoms with E-state index in [0.29, 0.717) is 12.8 Å². The van der Waals surface area contributed by atoms with E-state index in [2.05, 4.69) is 67.7 Å². The van der Waals surface area contributed by atoms with Gasteiger partial charge in [-0.25, -0.2) is 4.57 Å². The fourth-order valence-electron chi connectivity index (χ4n) is 4.64. The Hall–Kier alpha value is -2.29. The Bertz CT molecular complexity index is 992. The highest BCUT2D eigenvalue weighted by molar-refractivity contribution is 7.47. The van der Waals surface area contributed by atoms with Crippen LogP contribution in [-0.2, 0) is 32.7 Å². The molecule has 10 heteroatoms. The second-order valence-electron chi connectivity index (χ2n) is 12.1. The van der Waals surface area contributed by atoms with Gasteiger partial charge in [0.1, 0.15) is 6.61 Å². The van der Waals surface area contributed by atoms with Crippen molar-refractivity contribution in [1.29, 1.82) is 0 Å². The van der Waals surface area contributed by atoms with Gasteiger partial charge in [-0.15, -0.1) is 0 Å². The van der Waals surface area contributed by atoms with E-state index in [1.807, 2.05) is 6.92 Å². The first kappa shape index (κ1) is 46.7. The van der Waals surface area contributed by atoms with E-state index in [1.165, 1.54) is 6.42 Å². The molecule has 2 atom stereocenters. The molecule has 0 aliphatic heterocycles. The van der Waals surface area contributed by atoms with Gasteiger partial charge in [0, 0.05) is 19.4 Å². The van der Waals surface area contributed by atoms with Crippen molar-refractivity contribution in [3.8, 4) is 0 Å². The first-order valence-electron chi connectivity index (χ1n) is 18.7. The summed E-state index contributed by atoms with van der Waals surface area (Å²) >= 11 is 0. The Morgan fingerprint density at radius 1 is 0.653 bits per heavy atom. The fourth-order valence-corrected chi connectivity index (χ4v) is 5.41. The van der Waals surface area contributed by atoms with Crippen LogP contribution in [0.3, 0.4) is 0 Å². The van der Waals surface area contributed by atoms with Crippen molar-refractivity contribution in [3.05, 3.63) is 60.8 Å². The highest BCUT2D eigenvalue weighted by atomic mass is 31.2. The standard InChI is InChI=1S/C39H68NO8P/c1-3-5-7-9-11-13-15-17-18-20-21-23-25-27-29-31-38(41)45-35-37(36-47-49(43,44)46-34-33-40)48-39(42)32-30-28-26-24-22-19-16-14-12-10-8-6-4-2/h3,5,8,10-11,13-14,16,18,20,37H,4,6-7,9,12,15,17,19,21-36,40H2,1-2H3,(H,43,44)/b5-3+,10-8+,13-11+,16-14+,20-18+/t37-/m1/s1. The molecule has 282 valence electrons. The predicted molar refractivity (Wildman–Crippen MR) is 201 cm³/mol. The summed E-state index contributed by atoms with van der Waals surface area (Å²) in [6.07, 6.45) is 39.7. The second-order valence-corrected chi connectivity index (χ2v) is 13.5. The van der Waals surface area contributed by atoms with Crippen LogP contribution < -0.4 is 5.73 Å². The van der Waals surface area contributed by atoms with Crippen molar-refractivity contribution >= 4 is 19.8 Å². The first-order chi connectivity index (χ1) is 23.8. The van der Waals surface area contributed by atoms with Crippen LogP contribution in [0.4, 0.5) is 0 Å². The summed E-state index contributed by atoms with van der Waals surface area (Å²) < 4.78 is 32.6. The Balaban J connectivity index is 4.29. The third kappa shape index (κ3) is 35.3. The zero-order valence-electron chi connectivity index (χ0n) is 30.7. The van der Waals surface area contributed by atoms with Gasteiger partial charge >= 0.3 is 19.8 Å². The Kier molecular flexibility index (Phi) is 33.9. The summed E-state index contributed by atoms with van der Waals surface area (Å²) in [4.78, 5) is 34.7. The number of esters is 2. The largest absolute Gasteiger partial charge is 0.472 e. The van der Waals surface area contributed by atoms with Gasteiger partial charge in [-0.3, -0.25) is 18.6 Å². The van der Waals surface area contributed by atoms with Gasteiger partial charge in [0.15, 0.2) is 6.10 Å². The molecular weight excluding hydrogens is 641 g/mol. The molecule has 0 aromatic carbocycles. The molecule has 1 unspecified atom stereocenters. The van der Waals surface area contributed by atoms with Gasteiger partial charge in [-0.2, -0.15) is 0 Å². The van der Waals surface area contributed by atoms with E-state index in [9.17, 15) is 19.0 Å². The minimum atomic E-state index is -4.38. The SMILES string of the molecule is C/C=C/CC/C=C/CC/C=C/CCCCCCC(=O)OC[C@H](COP(=O)(O)OCCN)OC(=O)CCCCCCC/C=C/C/C=C/CCC. The van der Waals surface area contributed by atoms with Crippen molar-refractivity contribution in [2.45, 2.75) is 148 Å². The van der Waals surface area contributed by atoms with Crippen LogP contribution in [0, 0.1) is 0 Å². The van der Waals surface area contributed by atoms with Crippen LogP contribution in [-0.4, -0.2) is 49.3 Å². The Morgan fingerprint density at radius 2 is 1.16 bits per heavy atom. The topological polar surface area (TPSA) is 134 Å². The molecule has 0 spiro atoms. The Morgan fingerprint density at radius 3 is 1.76 bits per heavy atom. The van der Waals surface area contributed by atoms with E-state index < -0.39 is 32.5 Å². The number of phosphoric acid groups is 1. The second kappa shape index (κ2) is 35.5. The van der Waals surface area contributed by atoms with Crippen molar-refractivity contribution < 1.29 is 37.6 Å². The number of unbranched alkanes of at least 4 members (excludes halogenated alkanes) is 12. The summed E-state index contributed by atoms with van der Waals surface area (Å²) in [5, 5.41) is 0. The molecule has 0 aliphatic carbocycles. The summed E-state index contributed by atoms with van der Waals surface area (Å²) in [7, 11) is -4.38. The molecule has 9 nitrogen and oxygen atoms in total. The average molecular weight is 710 g/mol. The van der Waals surface area contributed by atoms with Gasteiger partial charge < -0.3 is 20.1 Å². The minimum absolute atomic E-state index is 0.0453. The molecule has 0 saturated heterocycles. The zero-order chi connectivity index (χ0) is 36.1. The lowest BCUT2D eigenvalue weighted by molar-refractivity contribution is -0.161. The maximum atomic E-state index is 12.5. The van der Waals surface area contributed by atoms with Gasteiger partial charge in [0.2, 0.25) is 0 Å². The number of ether oxygens (including phenoxy) is 2. The molecule has 0 heterocycles. The Labute approximate surface area is 298 Å². The molecule has 0 aromatic heterocycles. The van der Waals surface area contributed by atoms with Crippen molar-refractivity contribution in [2.75, 3.05) is 26.4 Å². The monoisotopic (exact) mass is 709 g/mol. The zero-order valence-corrected chi connectivity index (χ0v) is 31.5. The molecule has 0 rings (SSSR count). The highest BCUT2D eigenvalue weighted by Gasteiger charge is 2.25. The molecular formula is C39H68NO8P. The maximum absolute atomic E-state index is 12.5. The minimum Gasteiger partial charge on any atom is -0.462 e. The maximum Gasteiger partial charge on any atom is 0.472 e. The van der Waals surface area contributed by atoms with E-state index in [4.69, 9.17) is 24.3 Å². The average Bonchev–Trinajstić information content (AvgIpc) is 3.08. The normalized spacial score (nSPS) is 14.1. The number of rotatable bonds is 34. The van der Waals surface area contributed by atoms with Gasteiger partial charge in [0.05, 0.1) is 13.2 Å². The third-order valence-electron chi connectivity index (χ3n) is 7.41. The molecule has 49 heavy (non-hydrogen) atoms. The van der Waals surface area contributed by atoms with Crippen molar-refractivity contribution in [3.63, 3.8) is 0 Å². The summed E-state index contributed by atoms with van der Waals surface area (Å²) in [5.74, 6) is -0.876. The quantitative estimate of drug-likeness (QED) is 0.0290. The molecule has 0 amide bonds. The molecule has 0 bridgehead atoms. The van der Waals surface area contributed by atoms with Crippen LogP contribution in [0.1, 0.15) is 142 Å². The number of carbonyl (C=O) groups excluding carboxylic acids is 2. The summed E-state index contributed by atoms with van der Waals surface area (Å²) in [6, 6.07) is 0. The number of carbonyl (C=O) groups is 2. The summed E-state index contributed by atoms with van der Waals surface area (Å²) in [5.41, 5.74) is 5.33. The van der Waals surface area contributed by atoms with Crippen molar-refractivity contribution in [1.82, 2.24) is 0 Å². The van der Waals surface area contributed by atoms with E-state index >= 15 is 0 Å². The fraction of sp³-hybridized carbons (Fsp3) is 0.692. The first-order valence-corrected chi connectivity index (χ1v) is 20.2. The van der Waals surface area contributed by atoms with Gasteiger partial charge in [-0.1, -0.05) is 106 Å². The predicted octanol–water partition coefficient (Wildman–Crippen LogP) is 10.2. The van der Waals surface area contributed by atoms with Crippen LogP contribution in [0.5, 0.6) is 0 Å². The molecule has 0 fully saturated rings. The summed E-state index contributed by atoms with van der Waals surface area (Å²) in [6.45, 7) is 3.39. The molecule has 0 radical (unpaired) electrons. The van der Waals surface area contributed by atoms with E-state index in [1.54, 1.807) is 0 Å². The molecule has 0 saturated carbocycles. The van der Waals surface area contributed by atoms with E-state index in [0.717, 1.165) is 96.3 Å². The lowest BCUT2D eigenvalue weighted by Gasteiger charge is -2.19. The van der Waals surface area contributed by atoms with Crippen LogP contribution in [0.25, 0.3) is 0 Å². The highest BCUT2D eigenvalue weighted by Crippen LogP contribution is 2.43. The van der Waals surface area contributed by atoms with Crippen LogP contribution in [0.2, 0.25) is 0 Å². The number of hydrogen-bond acceptors (Lipinski definition) is 8. The molecule has 0 aliphatic rings. The van der Waals surface area contributed by atoms with Gasteiger partial charge in [-0.05, 0) is 84.0 Å². The molecule has 3 N–H and O–H groups in total. The lowest BCUT2D eigenvalue weighted by Crippen LogP contribution is -2.29.